The molecule has 3 aromatic rings. The summed E-state index contributed by atoms with van der Waals surface area (Å²) in [4.78, 5) is 19.9. The highest BCUT2D eigenvalue weighted by atomic mass is 19.1. The molecule has 0 saturated heterocycles. The van der Waals surface area contributed by atoms with Crippen LogP contribution in [-0.2, 0) is 11.2 Å². The van der Waals surface area contributed by atoms with E-state index in [0.717, 1.165) is 17.7 Å². The van der Waals surface area contributed by atoms with Crippen molar-refractivity contribution in [3.8, 4) is 0 Å². The molecule has 0 aliphatic heterocycles. The van der Waals surface area contributed by atoms with Gasteiger partial charge in [-0.3, -0.25) is 15.6 Å². The maximum atomic E-state index is 13.8. The summed E-state index contributed by atoms with van der Waals surface area (Å²) >= 11 is 0. The fraction of sp³-hybridized carbons (Fsp3) is 0.0556. The first kappa shape index (κ1) is 18.1. The van der Waals surface area contributed by atoms with Gasteiger partial charge in [0.1, 0.15) is 23.6 Å². The predicted molar refractivity (Wildman–Crippen MR) is 98.0 cm³/mol. The first-order valence-corrected chi connectivity index (χ1v) is 7.94. The van der Waals surface area contributed by atoms with Gasteiger partial charge in [0, 0.05) is 6.07 Å². The Hall–Kier alpha value is -3.75. The molecule has 9 heteroatoms. The molecule has 0 bridgehead atoms. The number of anilines is 4. The molecule has 0 atom stereocenters. The molecule has 1 amide bonds. The number of hydrazine groups is 1. The summed E-state index contributed by atoms with van der Waals surface area (Å²) in [5.41, 5.74) is 12.0. The zero-order valence-electron chi connectivity index (χ0n) is 14.0. The minimum atomic E-state index is -0.793. The fourth-order valence-electron chi connectivity index (χ4n) is 2.27. The summed E-state index contributed by atoms with van der Waals surface area (Å²) in [7, 11) is 0. The molecule has 0 aliphatic carbocycles. The number of nitrogens with two attached hydrogens (primary N) is 1. The van der Waals surface area contributed by atoms with Crippen molar-refractivity contribution in [1.82, 2.24) is 15.4 Å². The lowest BCUT2D eigenvalue weighted by Gasteiger charge is -2.13. The largest absolute Gasteiger partial charge is 0.393 e. The monoisotopic (exact) mass is 370 g/mol. The van der Waals surface area contributed by atoms with Gasteiger partial charge in [-0.05, 0) is 17.7 Å². The number of hydrogen-bond acceptors (Lipinski definition) is 6. The molecule has 1 aromatic heterocycles. The van der Waals surface area contributed by atoms with Gasteiger partial charge in [0.25, 0.3) is 0 Å². The second kappa shape index (κ2) is 8.09. The Balaban J connectivity index is 1.66. The fourth-order valence-corrected chi connectivity index (χ4v) is 2.27. The van der Waals surface area contributed by atoms with E-state index in [9.17, 15) is 13.6 Å². The third-order valence-corrected chi connectivity index (χ3v) is 3.60. The van der Waals surface area contributed by atoms with Crippen molar-refractivity contribution in [3.63, 3.8) is 0 Å². The van der Waals surface area contributed by atoms with Crippen LogP contribution in [0.25, 0.3) is 0 Å². The van der Waals surface area contributed by atoms with E-state index in [0.29, 0.717) is 0 Å². The molecule has 0 unspecified atom stereocenters. The Labute approximate surface area is 153 Å². The SMILES string of the molecule is Nc1c(NNC(=O)Cc2ccccc2)ncnc1Nc1ccc(F)cc1F. The van der Waals surface area contributed by atoms with Crippen LogP contribution in [0, 0.1) is 11.6 Å². The number of nitrogen functional groups attached to an aromatic ring is 1. The van der Waals surface area contributed by atoms with Crippen LogP contribution in [0.4, 0.5) is 31.8 Å². The molecule has 7 nitrogen and oxygen atoms in total. The molecule has 0 fully saturated rings. The quantitative estimate of drug-likeness (QED) is 0.498. The second-order valence-electron chi connectivity index (χ2n) is 5.57. The smallest absolute Gasteiger partial charge is 0.242 e. The summed E-state index contributed by atoms with van der Waals surface area (Å²) in [6.45, 7) is 0. The van der Waals surface area contributed by atoms with Gasteiger partial charge in [-0.15, -0.1) is 0 Å². The van der Waals surface area contributed by atoms with E-state index in [1.807, 2.05) is 30.3 Å². The summed E-state index contributed by atoms with van der Waals surface area (Å²) in [5.74, 6) is -1.54. The molecule has 0 saturated carbocycles. The predicted octanol–water partition coefficient (Wildman–Crippen LogP) is 2.77. The van der Waals surface area contributed by atoms with Gasteiger partial charge in [-0.2, -0.15) is 0 Å². The Kier molecular flexibility index (Phi) is 5.41. The molecule has 1 heterocycles. The highest BCUT2D eigenvalue weighted by Crippen LogP contribution is 2.26. The van der Waals surface area contributed by atoms with Crippen LogP contribution >= 0.6 is 0 Å². The Bertz CT molecular complexity index is 952. The van der Waals surface area contributed by atoms with Gasteiger partial charge >= 0.3 is 0 Å². The molecule has 0 spiro atoms. The van der Waals surface area contributed by atoms with Crippen LogP contribution in [0.1, 0.15) is 5.56 Å². The van der Waals surface area contributed by atoms with E-state index >= 15 is 0 Å². The second-order valence-corrected chi connectivity index (χ2v) is 5.57. The molecule has 27 heavy (non-hydrogen) atoms. The van der Waals surface area contributed by atoms with Crippen molar-refractivity contribution in [2.75, 3.05) is 16.5 Å². The summed E-state index contributed by atoms with van der Waals surface area (Å²) < 4.78 is 26.8. The van der Waals surface area contributed by atoms with Gasteiger partial charge in [0.15, 0.2) is 11.6 Å². The van der Waals surface area contributed by atoms with Gasteiger partial charge in [-0.25, -0.2) is 18.7 Å². The van der Waals surface area contributed by atoms with Gasteiger partial charge in [0.2, 0.25) is 5.91 Å². The Morgan fingerprint density at radius 2 is 1.78 bits per heavy atom. The molecule has 3 rings (SSSR count). The normalized spacial score (nSPS) is 10.3. The Morgan fingerprint density at radius 1 is 1.04 bits per heavy atom. The average molecular weight is 370 g/mol. The molecule has 138 valence electrons. The van der Waals surface area contributed by atoms with E-state index in [1.165, 1.54) is 12.4 Å². The van der Waals surface area contributed by atoms with Crippen LogP contribution in [0.15, 0.2) is 54.9 Å². The zero-order chi connectivity index (χ0) is 19.2. The van der Waals surface area contributed by atoms with Crippen molar-refractivity contribution in [1.29, 1.82) is 0 Å². The van der Waals surface area contributed by atoms with Crippen molar-refractivity contribution >= 4 is 28.9 Å². The minimum absolute atomic E-state index is 0.000799. The topological polar surface area (TPSA) is 105 Å². The number of hydrogen-bond donors (Lipinski definition) is 4. The van der Waals surface area contributed by atoms with Gasteiger partial charge in [0.05, 0.1) is 12.1 Å². The lowest BCUT2D eigenvalue weighted by atomic mass is 10.1. The average Bonchev–Trinajstić information content (AvgIpc) is 2.65. The summed E-state index contributed by atoms with van der Waals surface area (Å²) in [6.07, 6.45) is 1.36. The van der Waals surface area contributed by atoms with Crippen LogP contribution in [0.5, 0.6) is 0 Å². The number of aromatic nitrogens is 2. The van der Waals surface area contributed by atoms with E-state index in [1.54, 1.807) is 0 Å². The zero-order valence-corrected chi connectivity index (χ0v) is 14.0. The maximum Gasteiger partial charge on any atom is 0.242 e. The highest BCUT2D eigenvalue weighted by molar-refractivity contribution is 5.82. The number of amides is 1. The first-order valence-electron chi connectivity index (χ1n) is 7.94. The van der Waals surface area contributed by atoms with Crippen LogP contribution in [-0.4, -0.2) is 15.9 Å². The highest BCUT2D eigenvalue weighted by Gasteiger charge is 2.12. The van der Waals surface area contributed by atoms with E-state index in [-0.39, 0.29) is 35.3 Å². The number of rotatable bonds is 6. The Morgan fingerprint density at radius 3 is 2.52 bits per heavy atom. The molecule has 0 radical (unpaired) electrons. The number of carbonyl (C=O) groups is 1. The maximum absolute atomic E-state index is 13.8. The van der Waals surface area contributed by atoms with Gasteiger partial charge in [-0.1, -0.05) is 30.3 Å². The van der Waals surface area contributed by atoms with Crippen molar-refractivity contribution in [2.24, 2.45) is 0 Å². The minimum Gasteiger partial charge on any atom is -0.393 e. The van der Waals surface area contributed by atoms with E-state index in [4.69, 9.17) is 5.73 Å². The number of nitrogens with one attached hydrogen (secondary N) is 3. The van der Waals surface area contributed by atoms with Crippen molar-refractivity contribution < 1.29 is 13.6 Å². The van der Waals surface area contributed by atoms with Crippen LogP contribution in [0.3, 0.4) is 0 Å². The van der Waals surface area contributed by atoms with Crippen LogP contribution < -0.4 is 21.9 Å². The number of nitrogens with zero attached hydrogens (tertiary/aromatic N) is 2. The number of halogens is 2. The van der Waals surface area contributed by atoms with E-state index in [2.05, 4.69) is 26.1 Å². The third-order valence-electron chi connectivity index (χ3n) is 3.60. The third kappa shape index (κ3) is 4.66. The lowest BCUT2D eigenvalue weighted by molar-refractivity contribution is -0.119. The summed E-state index contributed by atoms with van der Waals surface area (Å²) in [5, 5.41) is 2.67. The summed E-state index contributed by atoms with van der Waals surface area (Å²) in [6, 6.07) is 12.3. The van der Waals surface area contributed by atoms with Crippen molar-refractivity contribution in [2.45, 2.75) is 6.42 Å². The van der Waals surface area contributed by atoms with Crippen molar-refractivity contribution in [3.05, 3.63) is 72.1 Å². The van der Waals surface area contributed by atoms with Crippen LogP contribution in [0.2, 0.25) is 0 Å². The lowest BCUT2D eigenvalue weighted by Crippen LogP contribution is -2.31. The number of benzene rings is 2. The molecule has 2 aromatic carbocycles. The molecular weight excluding hydrogens is 354 g/mol. The number of carbonyl (C=O) groups excluding carboxylic acids is 1. The molecule has 0 aliphatic rings. The first-order chi connectivity index (χ1) is 13.0. The standard InChI is InChI=1S/C18H16F2N6O/c19-12-6-7-14(13(20)9-12)24-17-16(21)18(23-10-22-17)26-25-15(27)8-11-4-2-1-3-5-11/h1-7,9-10H,8,21H2,(H,25,27)(H2,22,23,24,26). The molecule has 5 N–H and O–H groups in total. The molecular formula is C18H16F2N6O. The van der Waals surface area contributed by atoms with Gasteiger partial charge < -0.3 is 11.1 Å². The van der Waals surface area contributed by atoms with E-state index < -0.39 is 11.6 Å².